The van der Waals surface area contributed by atoms with Gasteiger partial charge in [-0.25, -0.2) is 17.6 Å². The van der Waals surface area contributed by atoms with E-state index in [1.807, 2.05) is 0 Å². The lowest BCUT2D eigenvalue weighted by molar-refractivity contribution is 0.0850. The van der Waals surface area contributed by atoms with Crippen LogP contribution < -0.4 is 5.32 Å². The van der Waals surface area contributed by atoms with Gasteiger partial charge in [-0.2, -0.15) is 10.2 Å². The zero-order valence-corrected chi connectivity index (χ0v) is 17.6. The predicted molar refractivity (Wildman–Crippen MR) is 115 cm³/mol. The Kier molecular flexibility index (Phi) is 6.73. The van der Waals surface area contributed by atoms with Gasteiger partial charge in [-0.05, 0) is 42.5 Å². The zero-order chi connectivity index (χ0) is 24.2. The van der Waals surface area contributed by atoms with Crippen molar-refractivity contribution in [3.8, 4) is 22.5 Å². The van der Waals surface area contributed by atoms with Crippen molar-refractivity contribution in [2.75, 3.05) is 6.61 Å². The van der Waals surface area contributed by atoms with Crippen LogP contribution in [0.1, 0.15) is 10.4 Å². The first-order valence-corrected chi connectivity index (χ1v) is 10.2. The lowest BCUT2D eigenvalue weighted by Gasteiger charge is -2.22. The molecule has 0 aliphatic carbocycles. The van der Waals surface area contributed by atoms with Crippen molar-refractivity contribution >= 4 is 5.91 Å². The minimum absolute atomic E-state index is 0.0990. The number of aliphatic hydroxyl groups excluding tert-OH is 1. The SMILES string of the molecule is O=C(N[C@H](Cn1cccn1)C(F)CO)c1cccc(F)c1-c1[nH]nc(-c2ccc(F)cc2)c1F. The van der Waals surface area contributed by atoms with Gasteiger partial charge in [-0.15, -0.1) is 0 Å². The van der Waals surface area contributed by atoms with Gasteiger partial charge in [0.15, 0.2) is 5.82 Å². The number of benzene rings is 2. The van der Waals surface area contributed by atoms with Crippen LogP contribution in [0.25, 0.3) is 22.5 Å². The summed E-state index contributed by atoms with van der Waals surface area (Å²) >= 11 is 0. The summed E-state index contributed by atoms with van der Waals surface area (Å²) in [6, 6.07) is 8.82. The number of rotatable bonds is 8. The smallest absolute Gasteiger partial charge is 0.252 e. The van der Waals surface area contributed by atoms with E-state index in [2.05, 4.69) is 20.6 Å². The average Bonchev–Trinajstić information content (AvgIpc) is 3.48. The Hall–Kier alpha value is -3.99. The molecule has 0 aliphatic heterocycles. The molecule has 7 nitrogen and oxygen atoms in total. The summed E-state index contributed by atoms with van der Waals surface area (Å²) < 4.78 is 59.0. The zero-order valence-electron chi connectivity index (χ0n) is 17.6. The number of carbonyl (C=O) groups is 1. The fraction of sp³-hybridized carbons (Fsp3) is 0.174. The van der Waals surface area contributed by atoms with Crippen LogP contribution in [-0.2, 0) is 6.54 Å². The summed E-state index contributed by atoms with van der Waals surface area (Å²) in [7, 11) is 0. The number of carbonyl (C=O) groups excluding carboxylic acids is 1. The van der Waals surface area contributed by atoms with E-state index in [1.165, 1.54) is 35.1 Å². The molecule has 1 amide bonds. The topological polar surface area (TPSA) is 95.8 Å². The van der Waals surface area contributed by atoms with Crippen LogP contribution >= 0.6 is 0 Å². The maximum Gasteiger partial charge on any atom is 0.252 e. The van der Waals surface area contributed by atoms with Crippen molar-refractivity contribution in [2.45, 2.75) is 18.8 Å². The van der Waals surface area contributed by atoms with Gasteiger partial charge in [-0.1, -0.05) is 6.07 Å². The number of aromatic nitrogens is 4. The summed E-state index contributed by atoms with van der Waals surface area (Å²) in [4.78, 5) is 13.0. The third kappa shape index (κ3) is 4.69. The molecule has 0 saturated heterocycles. The van der Waals surface area contributed by atoms with Gasteiger partial charge in [0.1, 0.15) is 29.2 Å². The van der Waals surface area contributed by atoms with Crippen LogP contribution in [0, 0.1) is 17.5 Å². The van der Waals surface area contributed by atoms with Crippen molar-refractivity contribution in [3.63, 3.8) is 0 Å². The van der Waals surface area contributed by atoms with E-state index < -0.39 is 53.4 Å². The molecule has 2 heterocycles. The first-order chi connectivity index (χ1) is 16.4. The highest BCUT2D eigenvalue weighted by atomic mass is 19.1. The summed E-state index contributed by atoms with van der Waals surface area (Å²) in [5.74, 6) is -3.27. The molecule has 11 heteroatoms. The van der Waals surface area contributed by atoms with E-state index in [0.29, 0.717) is 0 Å². The van der Waals surface area contributed by atoms with E-state index in [4.69, 9.17) is 0 Å². The number of nitrogens with zero attached hydrogens (tertiary/aromatic N) is 3. The summed E-state index contributed by atoms with van der Waals surface area (Å²) in [6.07, 6.45) is 1.18. The van der Waals surface area contributed by atoms with Crippen LogP contribution in [0.15, 0.2) is 60.9 Å². The number of nitrogens with one attached hydrogen (secondary N) is 2. The van der Waals surface area contributed by atoms with Crippen LogP contribution in [0.4, 0.5) is 17.6 Å². The fourth-order valence-corrected chi connectivity index (χ4v) is 3.49. The number of amides is 1. The van der Waals surface area contributed by atoms with E-state index >= 15 is 4.39 Å². The fourth-order valence-electron chi connectivity index (χ4n) is 3.49. The van der Waals surface area contributed by atoms with Crippen LogP contribution in [-0.4, -0.2) is 49.8 Å². The van der Waals surface area contributed by atoms with Crippen LogP contribution in [0.5, 0.6) is 0 Å². The number of aliphatic hydroxyl groups is 1. The molecule has 0 aliphatic rings. The Morgan fingerprint density at radius 3 is 2.56 bits per heavy atom. The maximum atomic E-state index is 15.2. The molecule has 0 radical (unpaired) electrons. The lowest BCUT2D eigenvalue weighted by atomic mass is 10.0. The molecule has 0 saturated carbocycles. The Balaban J connectivity index is 1.68. The molecule has 0 spiro atoms. The predicted octanol–water partition coefficient (Wildman–Crippen LogP) is 3.49. The number of alkyl halides is 1. The van der Waals surface area contributed by atoms with Gasteiger partial charge in [0.2, 0.25) is 0 Å². The van der Waals surface area contributed by atoms with Gasteiger partial charge in [0, 0.05) is 18.0 Å². The Morgan fingerprint density at radius 2 is 1.88 bits per heavy atom. The van der Waals surface area contributed by atoms with Gasteiger partial charge in [-0.3, -0.25) is 14.6 Å². The van der Waals surface area contributed by atoms with E-state index in [9.17, 15) is 23.1 Å². The molecule has 176 valence electrons. The first kappa shape index (κ1) is 23.2. The molecule has 4 rings (SSSR count). The normalized spacial score (nSPS) is 13.0. The van der Waals surface area contributed by atoms with E-state index in [-0.39, 0.29) is 23.4 Å². The highest BCUT2D eigenvalue weighted by Gasteiger charge is 2.28. The Bertz CT molecular complexity index is 1280. The third-order valence-corrected chi connectivity index (χ3v) is 5.20. The molecule has 3 N–H and O–H groups in total. The lowest BCUT2D eigenvalue weighted by Crippen LogP contribution is -2.46. The second kappa shape index (κ2) is 9.87. The highest BCUT2D eigenvalue weighted by molar-refractivity contribution is 6.01. The van der Waals surface area contributed by atoms with Gasteiger partial charge in [0.25, 0.3) is 5.91 Å². The largest absolute Gasteiger partial charge is 0.393 e. The molecule has 2 aromatic carbocycles. The maximum absolute atomic E-state index is 15.2. The minimum Gasteiger partial charge on any atom is -0.393 e. The van der Waals surface area contributed by atoms with Crippen LogP contribution in [0.2, 0.25) is 0 Å². The number of hydrogen-bond donors (Lipinski definition) is 3. The Morgan fingerprint density at radius 1 is 1.12 bits per heavy atom. The molecule has 34 heavy (non-hydrogen) atoms. The molecule has 2 aromatic heterocycles. The van der Waals surface area contributed by atoms with Crippen molar-refractivity contribution in [1.82, 2.24) is 25.3 Å². The minimum atomic E-state index is -1.83. The van der Waals surface area contributed by atoms with Gasteiger partial charge in [0.05, 0.1) is 30.3 Å². The van der Waals surface area contributed by atoms with Gasteiger partial charge >= 0.3 is 0 Å². The van der Waals surface area contributed by atoms with Crippen LogP contribution in [0.3, 0.4) is 0 Å². The molecule has 0 bridgehead atoms. The van der Waals surface area contributed by atoms with Crippen molar-refractivity contribution < 1.29 is 27.5 Å². The molecular formula is C23H19F4N5O2. The third-order valence-electron chi connectivity index (χ3n) is 5.20. The van der Waals surface area contributed by atoms with E-state index in [0.717, 1.165) is 18.2 Å². The summed E-state index contributed by atoms with van der Waals surface area (Å²) in [5.41, 5.74) is -1.03. The Labute approximate surface area is 191 Å². The first-order valence-electron chi connectivity index (χ1n) is 10.2. The molecule has 0 fully saturated rings. The second-order valence-electron chi connectivity index (χ2n) is 7.44. The molecule has 1 unspecified atom stereocenters. The number of halogens is 4. The highest BCUT2D eigenvalue weighted by Crippen LogP contribution is 2.32. The number of hydrogen-bond acceptors (Lipinski definition) is 4. The van der Waals surface area contributed by atoms with Crippen molar-refractivity contribution in [2.24, 2.45) is 0 Å². The van der Waals surface area contributed by atoms with Crippen molar-refractivity contribution in [1.29, 1.82) is 0 Å². The quantitative estimate of drug-likeness (QED) is 0.342. The summed E-state index contributed by atoms with van der Waals surface area (Å²) in [5, 5.41) is 21.9. The summed E-state index contributed by atoms with van der Waals surface area (Å²) in [6.45, 7) is -0.962. The second-order valence-corrected chi connectivity index (χ2v) is 7.44. The molecule has 4 aromatic rings. The van der Waals surface area contributed by atoms with Gasteiger partial charge < -0.3 is 10.4 Å². The molecular weight excluding hydrogens is 454 g/mol. The number of H-pyrrole nitrogens is 1. The molecule has 2 atom stereocenters. The van der Waals surface area contributed by atoms with E-state index in [1.54, 1.807) is 12.3 Å². The monoisotopic (exact) mass is 473 g/mol. The average molecular weight is 473 g/mol. The number of aromatic amines is 1. The standard InChI is InChI=1S/C23H19F4N5O2/c24-14-7-5-13(6-8-14)21-20(27)22(31-30-21)19-15(3-1-4-16(19)25)23(34)29-18(17(26)12-33)11-32-10-2-9-28-32/h1-10,17-18,33H,11-12H2,(H,29,34)(H,30,31)/t17?,18-/m1/s1. The van der Waals surface area contributed by atoms with Crippen molar-refractivity contribution in [3.05, 3.63) is 83.9 Å².